The Hall–Kier alpha value is -0.230. The number of rotatable bonds is 8. The van der Waals surface area contributed by atoms with Crippen molar-refractivity contribution in [1.82, 2.24) is 5.09 Å². The molecule has 0 heterocycles. The van der Waals surface area contributed by atoms with E-state index in [4.69, 9.17) is 9.05 Å². The van der Waals surface area contributed by atoms with E-state index >= 15 is 0 Å². The Kier molecular flexibility index (Phi) is 7.16. The molecule has 0 aliphatic rings. The molecule has 0 aliphatic carbocycles. The van der Waals surface area contributed by atoms with E-state index in [-0.39, 0.29) is 13.2 Å². The molecule has 1 amide bonds. The van der Waals surface area contributed by atoms with E-state index in [1.54, 1.807) is 13.8 Å². The van der Waals surface area contributed by atoms with Crippen molar-refractivity contribution in [3.63, 3.8) is 0 Å². The van der Waals surface area contributed by atoms with E-state index in [0.717, 1.165) is 14.2 Å². The van der Waals surface area contributed by atoms with Crippen LogP contribution in [0.2, 0.25) is 0 Å². The number of carbonyl (C=O) groups is 1. The Labute approximate surface area is 100 Å². The van der Waals surface area contributed by atoms with E-state index in [0.29, 0.717) is 0 Å². The molecule has 0 rings (SSSR count). The van der Waals surface area contributed by atoms with Gasteiger partial charge in [-0.1, -0.05) is 0 Å². The van der Waals surface area contributed by atoms with Crippen LogP contribution in [0, 0.1) is 0 Å². The second kappa shape index (κ2) is 7.26. The summed E-state index contributed by atoms with van der Waals surface area (Å²) in [6.07, 6.45) is 0. The minimum atomic E-state index is -4.02. The lowest BCUT2D eigenvalue weighted by Gasteiger charge is -2.19. The summed E-state index contributed by atoms with van der Waals surface area (Å²) in [6.45, 7) is 3.11. The molecule has 0 radical (unpaired) electrons. The smallest absolute Gasteiger partial charge is 0.302 e. The second-order valence-electron chi connectivity index (χ2n) is 2.61. The predicted octanol–water partition coefficient (Wildman–Crippen LogP) is 2.36. The first-order valence-electron chi connectivity index (χ1n) is 4.80. The van der Waals surface area contributed by atoms with Gasteiger partial charge in [0.05, 0.1) is 13.2 Å². The second-order valence-corrected chi connectivity index (χ2v) is 6.48. The number of hydrogen-bond donors (Lipinski definition) is 1. The molecule has 0 atom stereocenters. The standard InChI is InChI=1S/C7H17NO7P2/c1-5-14-16(10,15-6-2)7(9)8-17(11,12-3)13-4/h5-6H2,1-4H3,(H,8,9,11). The van der Waals surface area contributed by atoms with Crippen LogP contribution in [-0.4, -0.2) is 33.1 Å². The molecule has 10 heteroatoms. The lowest BCUT2D eigenvalue weighted by Crippen LogP contribution is -2.22. The fourth-order valence-corrected chi connectivity index (χ4v) is 3.25. The molecule has 1 N–H and O–H groups in total. The molecule has 102 valence electrons. The Morgan fingerprint density at radius 1 is 1.06 bits per heavy atom. The minimum absolute atomic E-state index is 0.00889. The summed E-state index contributed by atoms with van der Waals surface area (Å²) in [4.78, 5) is 11.6. The van der Waals surface area contributed by atoms with Gasteiger partial charge in [0.25, 0.3) is 0 Å². The van der Waals surface area contributed by atoms with Crippen LogP contribution >= 0.6 is 15.3 Å². The van der Waals surface area contributed by atoms with Crippen molar-refractivity contribution in [2.24, 2.45) is 0 Å². The van der Waals surface area contributed by atoms with Crippen LogP contribution in [0.25, 0.3) is 0 Å². The average Bonchev–Trinajstić information content (AvgIpc) is 2.29. The van der Waals surface area contributed by atoms with Gasteiger partial charge in [-0.2, -0.15) is 0 Å². The highest BCUT2D eigenvalue weighted by Crippen LogP contribution is 2.53. The Morgan fingerprint density at radius 3 is 1.76 bits per heavy atom. The summed E-state index contributed by atoms with van der Waals surface area (Å²) in [5.74, 6) is 0. The largest absolute Gasteiger partial charge is 0.434 e. The number of hydrogen-bond acceptors (Lipinski definition) is 7. The molecule has 0 saturated carbocycles. The first-order valence-corrected chi connectivity index (χ1v) is 7.89. The van der Waals surface area contributed by atoms with Crippen LogP contribution < -0.4 is 5.09 Å². The third-order valence-corrected chi connectivity index (χ3v) is 4.98. The van der Waals surface area contributed by atoms with E-state index in [1.807, 2.05) is 5.09 Å². The molecule has 0 fully saturated rings. The average molecular weight is 289 g/mol. The topological polar surface area (TPSA) is 100 Å². The van der Waals surface area contributed by atoms with Gasteiger partial charge in [-0.25, -0.2) is 9.13 Å². The number of amides is 1. The summed E-state index contributed by atoms with van der Waals surface area (Å²) in [5.41, 5.74) is -1.16. The SMILES string of the molecule is CCOP(=O)(OCC)C(=O)NP(=O)(OC)OC. The fraction of sp³-hybridized carbons (Fsp3) is 0.857. The minimum Gasteiger partial charge on any atom is -0.302 e. The van der Waals surface area contributed by atoms with Crippen molar-refractivity contribution in [3.05, 3.63) is 0 Å². The van der Waals surface area contributed by atoms with Gasteiger partial charge in [-0.3, -0.25) is 18.9 Å². The van der Waals surface area contributed by atoms with Gasteiger partial charge in [0, 0.05) is 14.2 Å². The zero-order valence-electron chi connectivity index (χ0n) is 10.2. The maximum atomic E-state index is 11.9. The van der Waals surface area contributed by atoms with Gasteiger partial charge in [-0.05, 0) is 13.8 Å². The van der Waals surface area contributed by atoms with Crippen molar-refractivity contribution in [2.75, 3.05) is 27.4 Å². The third-order valence-electron chi connectivity index (χ3n) is 1.56. The van der Waals surface area contributed by atoms with Crippen LogP contribution in [0.5, 0.6) is 0 Å². The van der Waals surface area contributed by atoms with E-state index in [2.05, 4.69) is 9.05 Å². The maximum Gasteiger partial charge on any atom is 0.434 e. The first kappa shape index (κ1) is 16.8. The normalized spacial score (nSPS) is 12.5. The quantitative estimate of drug-likeness (QED) is 0.684. The number of nitrogens with one attached hydrogen (secondary N) is 1. The molecular weight excluding hydrogens is 272 g/mol. The van der Waals surface area contributed by atoms with Gasteiger partial charge in [-0.15, -0.1) is 0 Å². The first-order chi connectivity index (χ1) is 7.87. The summed E-state index contributed by atoms with van der Waals surface area (Å²) < 4.78 is 42.0. The van der Waals surface area contributed by atoms with Crippen LogP contribution in [0.15, 0.2) is 0 Å². The van der Waals surface area contributed by atoms with E-state index in [1.165, 1.54) is 0 Å². The predicted molar refractivity (Wildman–Crippen MR) is 61.0 cm³/mol. The summed E-state index contributed by atoms with van der Waals surface area (Å²) >= 11 is 0. The molecule has 0 aliphatic heterocycles. The number of carbonyl (C=O) groups excluding carboxylic acids is 1. The third kappa shape index (κ3) is 4.87. The Bertz CT molecular complexity index is 327. The van der Waals surface area contributed by atoms with Crippen molar-refractivity contribution in [2.45, 2.75) is 13.8 Å². The van der Waals surface area contributed by atoms with Crippen molar-refractivity contribution in [3.8, 4) is 0 Å². The molecule has 0 aromatic heterocycles. The van der Waals surface area contributed by atoms with Crippen LogP contribution in [-0.2, 0) is 27.2 Å². The molecule has 0 aromatic carbocycles. The lowest BCUT2D eigenvalue weighted by atomic mass is 10.9. The van der Waals surface area contributed by atoms with E-state index < -0.39 is 21.0 Å². The van der Waals surface area contributed by atoms with E-state index in [9.17, 15) is 13.9 Å². The molecular formula is C7H17NO7P2. The lowest BCUT2D eigenvalue weighted by molar-refractivity contribution is 0.206. The van der Waals surface area contributed by atoms with Gasteiger partial charge in [0.2, 0.25) is 0 Å². The molecule has 0 aromatic rings. The summed E-state index contributed by atoms with van der Waals surface area (Å²) in [7, 11) is -5.67. The molecule has 0 spiro atoms. The molecule has 17 heavy (non-hydrogen) atoms. The monoisotopic (exact) mass is 289 g/mol. The van der Waals surface area contributed by atoms with Crippen LogP contribution in [0.1, 0.15) is 13.8 Å². The van der Waals surface area contributed by atoms with Crippen molar-refractivity contribution in [1.29, 1.82) is 0 Å². The van der Waals surface area contributed by atoms with Crippen LogP contribution in [0.3, 0.4) is 0 Å². The molecule has 0 bridgehead atoms. The Balaban J connectivity index is 4.87. The highest BCUT2D eigenvalue weighted by atomic mass is 31.2. The molecule has 8 nitrogen and oxygen atoms in total. The maximum absolute atomic E-state index is 11.9. The van der Waals surface area contributed by atoms with Crippen LogP contribution in [0.4, 0.5) is 4.79 Å². The van der Waals surface area contributed by atoms with Gasteiger partial charge >= 0.3 is 21.0 Å². The molecule has 0 unspecified atom stereocenters. The Morgan fingerprint density at radius 2 is 1.47 bits per heavy atom. The summed E-state index contributed by atoms with van der Waals surface area (Å²) in [5, 5.41) is 1.86. The van der Waals surface area contributed by atoms with Crippen molar-refractivity contribution < 1.29 is 32.0 Å². The molecule has 0 saturated heterocycles. The van der Waals surface area contributed by atoms with Gasteiger partial charge in [0.1, 0.15) is 0 Å². The van der Waals surface area contributed by atoms with Gasteiger partial charge in [0.15, 0.2) is 0 Å². The summed E-state index contributed by atoms with van der Waals surface area (Å²) in [6, 6.07) is 0. The van der Waals surface area contributed by atoms with Gasteiger partial charge < -0.3 is 9.05 Å². The van der Waals surface area contributed by atoms with Crippen molar-refractivity contribution >= 4 is 21.0 Å². The fourth-order valence-electron chi connectivity index (χ4n) is 0.839. The highest BCUT2D eigenvalue weighted by Gasteiger charge is 2.39. The zero-order valence-corrected chi connectivity index (χ0v) is 12.0. The highest BCUT2D eigenvalue weighted by molar-refractivity contribution is 7.73. The zero-order chi connectivity index (χ0) is 13.5.